The Balaban J connectivity index is 1.56. The van der Waals surface area contributed by atoms with Crippen molar-refractivity contribution in [3.05, 3.63) is 57.2 Å². The van der Waals surface area contributed by atoms with Gasteiger partial charge in [0.2, 0.25) is 5.91 Å². The summed E-state index contributed by atoms with van der Waals surface area (Å²) in [6, 6.07) is 12.8. The van der Waals surface area contributed by atoms with Crippen LogP contribution in [0.5, 0.6) is 0 Å². The van der Waals surface area contributed by atoms with Crippen LogP contribution in [0.1, 0.15) is 60.3 Å². The lowest BCUT2D eigenvalue weighted by atomic mass is 9.84. The highest BCUT2D eigenvalue weighted by Crippen LogP contribution is 2.41. The molecule has 1 aliphatic carbocycles. The first-order valence-corrected chi connectivity index (χ1v) is 11.2. The molecule has 1 aromatic carbocycles. The number of rotatable bonds is 4. The Morgan fingerprint density at radius 2 is 1.89 bits per heavy atom. The van der Waals surface area contributed by atoms with Crippen LogP contribution >= 0.6 is 22.9 Å². The largest absolute Gasteiger partial charge is 0.347 e. The topological polar surface area (TPSA) is 49.4 Å². The molecule has 1 saturated carbocycles. The maximum atomic E-state index is 13.3. The lowest BCUT2D eigenvalue weighted by molar-refractivity contribution is -0.125. The third-order valence-electron chi connectivity index (χ3n) is 6.03. The molecule has 2 heterocycles. The van der Waals surface area contributed by atoms with Crippen LogP contribution in [0.2, 0.25) is 4.34 Å². The third kappa shape index (κ3) is 3.83. The molecular weight excluding hydrogens is 392 g/mol. The SMILES string of the molecule is CC(NC(=O)C1CC2CCCCC2N1C(=O)c1ccccc1)c1ccc(Cl)s1. The number of likely N-dealkylation sites (tertiary alicyclic amines) is 1. The summed E-state index contributed by atoms with van der Waals surface area (Å²) >= 11 is 7.51. The Labute approximate surface area is 174 Å². The van der Waals surface area contributed by atoms with Gasteiger partial charge in [-0.3, -0.25) is 9.59 Å². The Morgan fingerprint density at radius 1 is 1.14 bits per heavy atom. The molecule has 2 aromatic rings. The van der Waals surface area contributed by atoms with Gasteiger partial charge in [0.1, 0.15) is 6.04 Å². The predicted octanol–water partition coefficient (Wildman–Crippen LogP) is 5.05. The minimum atomic E-state index is -0.404. The summed E-state index contributed by atoms with van der Waals surface area (Å²) in [7, 11) is 0. The molecule has 4 rings (SSSR count). The molecule has 148 valence electrons. The lowest BCUT2D eigenvalue weighted by Crippen LogP contribution is -2.49. The van der Waals surface area contributed by atoms with Crippen LogP contribution in [-0.2, 0) is 4.79 Å². The number of nitrogens with zero attached hydrogens (tertiary/aromatic N) is 1. The van der Waals surface area contributed by atoms with Crippen molar-refractivity contribution in [1.82, 2.24) is 10.2 Å². The predicted molar refractivity (Wildman–Crippen MR) is 113 cm³/mol. The molecule has 1 aromatic heterocycles. The second kappa shape index (κ2) is 8.26. The minimum Gasteiger partial charge on any atom is -0.347 e. The van der Waals surface area contributed by atoms with Crippen molar-refractivity contribution in [2.24, 2.45) is 5.92 Å². The van der Waals surface area contributed by atoms with E-state index in [0.717, 1.165) is 30.6 Å². The van der Waals surface area contributed by atoms with Gasteiger partial charge in [0.25, 0.3) is 5.91 Å². The molecule has 0 bridgehead atoms. The van der Waals surface area contributed by atoms with Gasteiger partial charge in [-0.25, -0.2) is 0 Å². The van der Waals surface area contributed by atoms with E-state index in [1.165, 1.54) is 17.8 Å². The van der Waals surface area contributed by atoms with Crippen molar-refractivity contribution >= 4 is 34.8 Å². The summed E-state index contributed by atoms with van der Waals surface area (Å²) in [4.78, 5) is 29.4. The van der Waals surface area contributed by atoms with E-state index in [1.807, 2.05) is 54.3 Å². The summed E-state index contributed by atoms with van der Waals surface area (Å²) in [5.74, 6) is 0.335. The van der Waals surface area contributed by atoms with Gasteiger partial charge >= 0.3 is 0 Å². The van der Waals surface area contributed by atoms with Crippen molar-refractivity contribution in [2.75, 3.05) is 0 Å². The fraction of sp³-hybridized carbons (Fsp3) is 0.455. The normalized spacial score (nSPS) is 25.2. The maximum absolute atomic E-state index is 13.3. The first kappa shape index (κ1) is 19.5. The Hall–Kier alpha value is -1.85. The number of benzene rings is 1. The third-order valence-corrected chi connectivity index (χ3v) is 7.44. The number of carbonyl (C=O) groups is 2. The fourth-order valence-electron chi connectivity index (χ4n) is 4.66. The Bertz CT molecular complexity index is 853. The molecule has 2 amide bonds. The molecule has 1 N–H and O–H groups in total. The van der Waals surface area contributed by atoms with Gasteiger partial charge in [-0.15, -0.1) is 11.3 Å². The maximum Gasteiger partial charge on any atom is 0.254 e. The molecule has 4 atom stereocenters. The molecule has 0 radical (unpaired) electrons. The average molecular weight is 417 g/mol. The molecule has 0 spiro atoms. The minimum absolute atomic E-state index is 0.0260. The zero-order valence-corrected chi connectivity index (χ0v) is 17.5. The zero-order valence-electron chi connectivity index (χ0n) is 15.9. The number of thiophene rings is 1. The second-order valence-corrected chi connectivity index (χ2v) is 9.56. The summed E-state index contributed by atoms with van der Waals surface area (Å²) in [6.45, 7) is 1.96. The van der Waals surface area contributed by atoms with Crippen molar-refractivity contribution in [1.29, 1.82) is 0 Å². The molecule has 28 heavy (non-hydrogen) atoms. The number of hydrogen-bond acceptors (Lipinski definition) is 3. The number of carbonyl (C=O) groups excluding carboxylic acids is 2. The van der Waals surface area contributed by atoms with Crippen LogP contribution < -0.4 is 5.32 Å². The highest BCUT2D eigenvalue weighted by Gasteiger charge is 2.47. The van der Waals surface area contributed by atoms with Gasteiger partial charge in [0, 0.05) is 16.5 Å². The smallest absolute Gasteiger partial charge is 0.254 e. The lowest BCUT2D eigenvalue weighted by Gasteiger charge is -2.34. The average Bonchev–Trinajstić information content (AvgIpc) is 3.32. The van der Waals surface area contributed by atoms with Gasteiger partial charge in [-0.2, -0.15) is 0 Å². The first-order valence-electron chi connectivity index (χ1n) is 9.98. The van der Waals surface area contributed by atoms with Gasteiger partial charge in [-0.05, 0) is 56.4 Å². The van der Waals surface area contributed by atoms with Crippen LogP contribution in [0.4, 0.5) is 0 Å². The molecule has 1 aliphatic heterocycles. The van der Waals surface area contributed by atoms with Crippen molar-refractivity contribution in [2.45, 2.75) is 57.2 Å². The number of fused-ring (bicyclic) bond motifs is 1. The van der Waals surface area contributed by atoms with Crippen molar-refractivity contribution < 1.29 is 9.59 Å². The van der Waals surface area contributed by atoms with E-state index < -0.39 is 6.04 Å². The molecule has 1 saturated heterocycles. The number of hydrogen-bond donors (Lipinski definition) is 1. The Kier molecular flexibility index (Phi) is 5.74. The monoisotopic (exact) mass is 416 g/mol. The van der Waals surface area contributed by atoms with E-state index in [1.54, 1.807) is 0 Å². The summed E-state index contributed by atoms with van der Waals surface area (Å²) in [5.41, 5.74) is 0.657. The fourth-order valence-corrected chi connectivity index (χ4v) is 5.72. The molecule has 2 fully saturated rings. The number of nitrogens with one attached hydrogen (secondary N) is 1. The van der Waals surface area contributed by atoms with Crippen LogP contribution in [0.3, 0.4) is 0 Å². The standard InChI is InChI=1S/C22H25ClN2O2S/c1-14(19-11-12-20(23)28-19)24-21(26)18-13-16-9-5-6-10-17(16)25(18)22(27)15-7-3-2-4-8-15/h2-4,7-8,11-12,14,16-18H,5-6,9-10,13H2,1H3,(H,24,26). The van der Waals surface area contributed by atoms with Gasteiger partial charge in [-0.1, -0.05) is 42.6 Å². The van der Waals surface area contributed by atoms with Crippen LogP contribution in [0.25, 0.3) is 0 Å². The van der Waals surface area contributed by atoms with Gasteiger partial charge in [0.15, 0.2) is 0 Å². The van der Waals surface area contributed by atoms with Crippen LogP contribution in [0, 0.1) is 5.92 Å². The summed E-state index contributed by atoms with van der Waals surface area (Å²) < 4.78 is 0.712. The summed E-state index contributed by atoms with van der Waals surface area (Å²) in [5, 5.41) is 3.12. The van der Waals surface area contributed by atoms with Crippen LogP contribution in [0.15, 0.2) is 42.5 Å². The van der Waals surface area contributed by atoms with E-state index in [9.17, 15) is 9.59 Å². The van der Waals surface area contributed by atoms with E-state index in [2.05, 4.69) is 5.32 Å². The van der Waals surface area contributed by atoms with Gasteiger partial charge in [0.05, 0.1) is 10.4 Å². The highest BCUT2D eigenvalue weighted by atomic mass is 35.5. The summed E-state index contributed by atoms with van der Waals surface area (Å²) in [6.07, 6.45) is 5.16. The molecule has 6 heteroatoms. The Morgan fingerprint density at radius 3 is 2.61 bits per heavy atom. The van der Waals surface area contributed by atoms with E-state index in [-0.39, 0.29) is 23.9 Å². The van der Waals surface area contributed by atoms with Crippen LogP contribution in [-0.4, -0.2) is 28.8 Å². The van der Waals surface area contributed by atoms with Crippen molar-refractivity contribution in [3.8, 4) is 0 Å². The number of amides is 2. The van der Waals surface area contributed by atoms with E-state index in [0.29, 0.717) is 15.8 Å². The molecule has 4 nitrogen and oxygen atoms in total. The first-order chi connectivity index (χ1) is 13.5. The zero-order chi connectivity index (χ0) is 19.7. The molecular formula is C22H25ClN2O2S. The van der Waals surface area contributed by atoms with Crippen molar-refractivity contribution in [3.63, 3.8) is 0 Å². The van der Waals surface area contributed by atoms with E-state index in [4.69, 9.17) is 11.6 Å². The molecule has 4 unspecified atom stereocenters. The van der Waals surface area contributed by atoms with E-state index >= 15 is 0 Å². The highest BCUT2D eigenvalue weighted by molar-refractivity contribution is 7.16. The quantitative estimate of drug-likeness (QED) is 0.757. The molecule has 2 aliphatic rings. The number of halogens is 1. The second-order valence-electron chi connectivity index (χ2n) is 7.81. The van der Waals surface area contributed by atoms with Gasteiger partial charge < -0.3 is 10.2 Å².